The molecule has 2 aliphatic rings. The van der Waals surface area contributed by atoms with Crippen LogP contribution in [-0.4, -0.2) is 80.2 Å². The lowest BCUT2D eigenvalue weighted by Crippen LogP contribution is -2.53. The molecule has 178 valence electrons. The Kier molecular flexibility index (Phi) is 7.31. The SMILES string of the molecule is NC(=O)CCC1CCCN(CC(=O)N2CCN(S(=O)(=O)c3ccc4ccccc4c3)CC2)C1. The van der Waals surface area contributed by atoms with Crippen molar-refractivity contribution in [3.05, 3.63) is 42.5 Å². The summed E-state index contributed by atoms with van der Waals surface area (Å²) in [4.78, 5) is 28.1. The summed E-state index contributed by atoms with van der Waals surface area (Å²) in [5.41, 5.74) is 5.27. The Morgan fingerprint density at radius 2 is 1.70 bits per heavy atom. The van der Waals surface area contributed by atoms with Gasteiger partial charge in [-0.1, -0.05) is 30.3 Å². The third-order valence-electron chi connectivity index (χ3n) is 6.71. The van der Waals surface area contributed by atoms with Crippen molar-refractivity contribution < 1.29 is 18.0 Å². The van der Waals surface area contributed by atoms with Gasteiger partial charge in [0.1, 0.15) is 0 Å². The Hall–Kier alpha value is -2.49. The van der Waals surface area contributed by atoms with E-state index < -0.39 is 10.0 Å². The van der Waals surface area contributed by atoms with E-state index in [0.717, 1.165) is 43.1 Å². The number of likely N-dealkylation sites (tertiary alicyclic amines) is 1. The third kappa shape index (κ3) is 5.72. The van der Waals surface area contributed by atoms with Crippen molar-refractivity contribution in [2.45, 2.75) is 30.6 Å². The van der Waals surface area contributed by atoms with E-state index in [1.807, 2.05) is 30.3 Å². The second kappa shape index (κ2) is 10.2. The highest BCUT2D eigenvalue weighted by atomic mass is 32.2. The van der Waals surface area contributed by atoms with Crippen LogP contribution in [0.25, 0.3) is 10.8 Å². The zero-order valence-electron chi connectivity index (χ0n) is 18.9. The number of carbonyl (C=O) groups is 2. The summed E-state index contributed by atoms with van der Waals surface area (Å²) >= 11 is 0. The van der Waals surface area contributed by atoms with Gasteiger partial charge in [0.05, 0.1) is 11.4 Å². The minimum Gasteiger partial charge on any atom is -0.370 e. The molecule has 0 saturated carbocycles. The molecule has 4 rings (SSSR count). The fourth-order valence-electron chi connectivity index (χ4n) is 4.82. The fourth-order valence-corrected chi connectivity index (χ4v) is 6.28. The average molecular weight is 473 g/mol. The summed E-state index contributed by atoms with van der Waals surface area (Å²) in [6.07, 6.45) is 3.23. The van der Waals surface area contributed by atoms with Crippen LogP contribution in [0.4, 0.5) is 0 Å². The second-order valence-electron chi connectivity index (χ2n) is 9.04. The summed E-state index contributed by atoms with van der Waals surface area (Å²) in [5.74, 6) is 0.149. The van der Waals surface area contributed by atoms with Gasteiger partial charge in [0.25, 0.3) is 0 Å². The van der Waals surface area contributed by atoms with Gasteiger partial charge in [-0.15, -0.1) is 0 Å². The van der Waals surface area contributed by atoms with E-state index in [9.17, 15) is 18.0 Å². The van der Waals surface area contributed by atoms with Crippen LogP contribution in [0.3, 0.4) is 0 Å². The van der Waals surface area contributed by atoms with Crippen molar-refractivity contribution in [1.82, 2.24) is 14.1 Å². The first-order chi connectivity index (χ1) is 15.8. The van der Waals surface area contributed by atoms with Crippen LogP contribution in [0.1, 0.15) is 25.7 Å². The zero-order chi connectivity index (χ0) is 23.4. The molecule has 2 aliphatic heterocycles. The number of piperazine rings is 1. The first-order valence-corrected chi connectivity index (χ1v) is 13.0. The lowest BCUT2D eigenvalue weighted by molar-refractivity contribution is -0.134. The molecule has 0 spiro atoms. The maximum absolute atomic E-state index is 13.2. The van der Waals surface area contributed by atoms with Gasteiger partial charge < -0.3 is 10.6 Å². The summed E-state index contributed by atoms with van der Waals surface area (Å²) in [6, 6.07) is 12.9. The minimum atomic E-state index is -3.60. The Bertz CT molecular complexity index is 1110. The first-order valence-electron chi connectivity index (χ1n) is 11.6. The van der Waals surface area contributed by atoms with Crippen LogP contribution >= 0.6 is 0 Å². The molecule has 2 amide bonds. The highest BCUT2D eigenvalue weighted by Crippen LogP contribution is 2.24. The molecule has 33 heavy (non-hydrogen) atoms. The molecule has 0 radical (unpaired) electrons. The summed E-state index contributed by atoms with van der Waals surface area (Å²) in [6.45, 7) is 3.38. The average Bonchev–Trinajstić information content (AvgIpc) is 2.82. The molecule has 2 saturated heterocycles. The maximum atomic E-state index is 13.2. The van der Waals surface area contributed by atoms with E-state index in [1.165, 1.54) is 4.31 Å². The topological polar surface area (TPSA) is 104 Å². The lowest BCUT2D eigenvalue weighted by Gasteiger charge is -2.37. The quantitative estimate of drug-likeness (QED) is 0.660. The number of amides is 2. The molecule has 8 nitrogen and oxygen atoms in total. The van der Waals surface area contributed by atoms with Crippen LogP contribution in [0.5, 0.6) is 0 Å². The standard InChI is InChI=1S/C24H32N4O4S/c25-23(29)10-7-19-4-3-11-26(17-19)18-24(30)27-12-14-28(15-13-27)33(31,32)22-9-8-20-5-1-2-6-21(20)16-22/h1-2,5-6,8-9,16,19H,3-4,7,10-15,17-18H2,(H2,25,29). The molecular weight excluding hydrogens is 440 g/mol. The van der Waals surface area contributed by atoms with Gasteiger partial charge >= 0.3 is 0 Å². The Morgan fingerprint density at radius 1 is 0.970 bits per heavy atom. The molecule has 0 bridgehead atoms. The van der Waals surface area contributed by atoms with Crippen molar-refractivity contribution in [1.29, 1.82) is 0 Å². The zero-order valence-corrected chi connectivity index (χ0v) is 19.7. The first kappa shape index (κ1) is 23.7. The summed E-state index contributed by atoms with van der Waals surface area (Å²) in [5, 5.41) is 1.89. The maximum Gasteiger partial charge on any atom is 0.243 e. The van der Waals surface area contributed by atoms with Crippen molar-refractivity contribution in [3.63, 3.8) is 0 Å². The molecule has 0 aromatic heterocycles. The number of piperidine rings is 1. The number of nitrogens with two attached hydrogens (primary N) is 1. The molecule has 1 atom stereocenters. The van der Waals surface area contributed by atoms with E-state index in [-0.39, 0.29) is 16.7 Å². The Balaban J connectivity index is 1.31. The van der Waals surface area contributed by atoms with Crippen molar-refractivity contribution in [3.8, 4) is 0 Å². The largest absolute Gasteiger partial charge is 0.370 e. The number of sulfonamides is 1. The molecular formula is C24H32N4O4S. The number of fused-ring (bicyclic) bond motifs is 1. The van der Waals surface area contributed by atoms with E-state index in [0.29, 0.717) is 45.1 Å². The van der Waals surface area contributed by atoms with Gasteiger partial charge in [-0.25, -0.2) is 8.42 Å². The van der Waals surface area contributed by atoms with Gasteiger partial charge in [0, 0.05) is 39.1 Å². The van der Waals surface area contributed by atoms with Crippen LogP contribution in [-0.2, 0) is 19.6 Å². The molecule has 2 aromatic rings. The van der Waals surface area contributed by atoms with Gasteiger partial charge in [0.15, 0.2) is 0 Å². The van der Waals surface area contributed by atoms with E-state index in [1.54, 1.807) is 17.0 Å². The fraction of sp³-hybridized carbons (Fsp3) is 0.500. The number of hydrogen-bond donors (Lipinski definition) is 1. The van der Waals surface area contributed by atoms with Crippen LogP contribution in [0.2, 0.25) is 0 Å². The van der Waals surface area contributed by atoms with Gasteiger partial charge in [-0.2, -0.15) is 4.31 Å². The highest BCUT2D eigenvalue weighted by Gasteiger charge is 2.31. The van der Waals surface area contributed by atoms with E-state index in [4.69, 9.17) is 5.73 Å². The number of primary amides is 1. The number of hydrogen-bond acceptors (Lipinski definition) is 5. The Morgan fingerprint density at radius 3 is 2.42 bits per heavy atom. The second-order valence-corrected chi connectivity index (χ2v) is 11.0. The molecule has 2 fully saturated rings. The molecule has 2 heterocycles. The van der Waals surface area contributed by atoms with E-state index in [2.05, 4.69) is 4.90 Å². The van der Waals surface area contributed by atoms with E-state index >= 15 is 0 Å². The Labute approximate surface area is 195 Å². The molecule has 9 heteroatoms. The predicted octanol–water partition coefficient (Wildman–Crippen LogP) is 1.65. The highest BCUT2D eigenvalue weighted by molar-refractivity contribution is 7.89. The molecule has 2 N–H and O–H groups in total. The molecule has 0 aliphatic carbocycles. The molecule has 2 aromatic carbocycles. The van der Waals surface area contributed by atoms with Gasteiger partial charge in [0.2, 0.25) is 21.8 Å². The van der Waals surface area contributed by atoms with Crippen molar-refractivity contribution in [2.75, 3.05) is 45.8 Å². The summed E-state index contributed by atoms with van der Waals surface area (Å²) in [7, 11) is -3.60. The monoisotopic (exact) mass is 472 g/mol. The van der Waals surface area contributed by atoms with Gasteiger partial charge in [-0.05, 0) is 54.6 Å². The normalized spacial score (nSPS) is 20.7. The number of benzene rings is 2. The van der Waals surface area contributed by atoms with Gasteiger partial charge in [-0.3, -0.25) is 14.5 Å². The number of carbonyl (C=O) groups excluding carboxylic acids is 2. The van der Waals surface area contributed by atoms with Crippen LogP contribution in [0.15, 0.2) is 47.4 Å². The smallest absolute Gasteiger partial charge is 0.243 e. The van der Waals surface area contributed by atoms with Crippen molar-refractivity contribution >= 4 is 32.6 Å². The third-order valence-corrected chi connectivity index (χ3v) is 8.61. The molecule has 1 unspecified atom stereocenters. The number of rotatable bonds is 7. The lowest BCUT2D eigenvalue weighted by atomic mass is 9.93. The van der Waals surface area contributed by atoms with Crippen LogP contribution < -0.4 is 5.73 Å². The predicted molar refractivity (Wildman–Crippen MR) is 127 cm³/mol. The van der Waals surface area contributed by atoms with Crippen molar-refractivity contribution in [2.24, 2.45) is 11.7 Å². The van der Waals surface area contributed by atoms with Crippen LogP contribution in [0, 0.1) is 5.92 Å². The minimum absolute atomic E-state index is 0.0355. The summed E-state index contributed by atoms with van der Waals surface area (Å²) < 4.78 is 27.8. The number of nitrogens with zero attached hydrogens (tertiary/aromatic N) is 3.